The molecule has 0 aliphatic rings. The summed E-state index contributed by atoms with van der Waals surface area (Å²) in [5, 5.41) is 22.9. The van der Waals surface area contributed by atoms with Gasteiger partial charge in [-0.25, -0.2) is 0 Å². The van der Waals surface area contributed by atoms with E-state index in [1.165, 1.54) is 19.1 Å². The second-order valence-electron chi connectivity index (χ2n) is 9.39. The molecular weight excluding hydrogens is 534 g/mol. The number of amides is 4. The lowest BCUT2D eigenvalue weighted by atomic mass is 10.0. The Morgan fingerprint density at radius 3 is 2.10 bits per heavy atom. The first-order valence-electron chi connectivity index (χ1n) is 13.0. The molecule has 12 heteroatoms. The maximum absolute atomic E-state index is 12.8. The van der Waals surface area contributed by atoms with Gasteiger partial charge in [-0.3, -0.25) is 19.2 Å². The molecule has 4 atom stereocenters. The van der Waals surface area contributed by atoms with Crippen molar-refractivity contribution in [3.63, 3.8) is 0 Å². The fourth-order valence-corrected chi connectivity index (χ4v) is 4.36. The van der Waals surface area contributed by atoms with E-state index in [2.05, 4.69) is 26.6 Å². The van der Waals surface area contributed by atoms with Gasteiger partial charge < -0.3 is 36.2 Å². The Kier molecular flexibility index (Phi) is 14.0. The van der Waals surface area contributed by atoms with Crippen LogP contribution in [0, 0.1) is 0 Å². The Labute approximate surface area is 238 Å². The van der Waals surface area contributed by atoms with Gasteiger partial charge in [-0.1, -0.05) is 53.6 Å². The van der Waals surface area contributed by atoms with Crippen LogP contribution >= 0.6 is 0 Å². The highest BCUT2D eigenvalue weighted by Crippen LogP contribution is 2.11. The van der Waals surface area contributed by atoms with Gasteiger partial charge in [0.05, 0.1) is 18.8 Å². The third-order valence-electron chi connectivity index (χ3n) is 6.06. The standard InChI is InChI=1S/C28H39N5O6S/c1-19(32-28(38)23(29-2)16-21-10-12-22(34)13-11-21)26(36)31-18-25(35)33-24(17-20-8-5-4-6-9-20)27(37)30-14-7-15-40(3)39/h4-6,8-13,19,23-24,29,34H,7,14-18H2,1-3H3,(H,30,37)(H,31,36)(H,32,38)(H,33,35)/t19-,23+,24+,40?/m1/s1. The third-order valence-corrected chi connectivity index (χ3v) is 6.92. The second-order valence-corrected chi connectivity index (χ2v) is 10.9. The van der Waals surface area contributed by atoms with Gasteiger partial charge in [-0.2, -0.15) is 0 Å². The first-order chi connectivity index (χ1) is 19.1. The molecule has 0 bridgehead atoms. The summed E-state index contributed by atoms with van der Waals surface area (Å²) in [5.74, 6) is -1.30. The Bertz CT molecular complexity index is 1100. The molecule has 2 aromatic carbocycles. The minimum absolute atomic E-state index is 0.126. The van der Waals surface area contributed by atoms with Crippen molar-refractivity contribution in [2.45, 2.75) is 44.3 Å². The average Bonchev–Trinajstić information content (AvgIpc) is 2.93. The van der Waals surface area contributed by atoms with Crippen LogP contribution in [0.1, 0.15) is 24.5 Å². The SMILES string of the molecule is CN[C@@H](Cc1ccc(O)cc1)C(=O)N[C@H](C)C(=O)NCC(=O)N[C@@H](Cc1ccccc1)C(=O)NCCC[S+](C)[O-]. The highest BCUT2D eigenvalue weighted by atomic mass is 32.2. The Morgan fingerprint density at radius 2 is 1.48 bits per heavy atom. The van der Waals surface area contributed by atoms with Crippen LogP contribution in [-0.4, -0.2) is 83.6 Å². The average molecular weight is 574 g/mol. The molecule has 218 valence electrons. The predicted molar refractivity (Wildman–Crippen MR) is 154 cm³/mol. The van der Waals surface area contributed by atoms with Gasteiger partial charge in [0, 0.05) is 19.4 Å². The number of carbonyl (C=O) groups is 4. The number of phenolic OH excluding ortho intramolecular Hbond substituents is 1. The minimum atomic E-state index is -0.960. The van der Waals surface area contributed by atoms with Crippen LogP contribution in [-0.2, 0) is 43.2 Å². The Balaban J connectivity index is 1.87. The lowest BCUT2D eigenvalue weighted by molar-refractivity contribution is -0.131. The second kappa shape index (κ2) is 17.2. The highest BCUT2D eigenvalue weighted by molar-refractivity contribution is 7.90. The molecule has 0 radical (unpaired) electrons. The highest BCUT2D eigenvalue weighted by Gasteiger charge is 2.24. The molecule has 2 rings (SSSR count). The summed E-state index contributed by atoms with van der Waals surface area (Å²) in [6.07, 6.45) is 2.74. The molecule has 11 nitrogen and oxygen atoms in total. The Hall–Kier alpha value is -3.61. The number of likely N-dealkylation sites (N-methyl/N-ethyl adjacent to an activating group) is 1. The van der Waals surface area contributed by atoms with Crippen molar-refractivity contribution < 1.29 is 28.8 Å². The van der Waals surface area contributed by atoms with Crippen LogP contribution in [0.3, 0.4) is 0 Å². The third kappa shape index (κ3) is 12.1. The summed E-state index contributed by atoms with van der Waals surface area (Å²) in [7, 11) is 1.63. The van der Waals surface area contributed by atoms with Crippen molar-refractivity contribution in [2.75, 3.05) is 32.1 Å². The van der Waals surface area contributed by atoms with E-state index in [0.29, 0.717) is 25.1 Å². The monoisotopic (exact) mass is 573 g/mol. The number of phenols is 1. The maximum Gasteiger partial charge on any atom is 0.242 e. The summed E-state index contributed by atoms with van der Waals surface area (Å²) in [6.45, 7) is 1.46. The molecule has 0 fully saturated rings. The lowest BCUT2D eigenvalue weighted by Crippen LogP contribution is -2.54. The number of hydrogen-bond acceptors (Lipinski definition) is 7. The summed E-state index contributed by atoms with van der Waals surface area (Å²) >= 11 is -0.960. The van der Waals surface area contributed by atoms with Crippen LogP contribution in [0.4, 0.5) is 0 Å². The van der Waals surface area contributed by atoms with E-state index in [-0.39, 0.29) is 24.6 Å². The molecule has 0 heterocycles. The van der Waals surface area contributed by atoms with E-state index in [0.717, 1.165) is 11.1 Å². The van der Waals surface area contributed by atoms with Crippen molar-refractivity contribution in [1.82, 2.24) is 26.6 Å². The number of nitrogens with one attached hydrogen (secondary N) is 5. The smallest absolute Gasteiger partial charge is 0.242 e. The van der Waals surface area contributed by atoms with Crippen LogP contribution < -0.4 is 26.6 Å². The summed E-state index contributed by atoms with van der Waals surface area (Å²) in [5.41, 5.74) is 1.68. The van der Waals surface area contributed by atoms with Crippen LogP contribution in [0.2, 0.25) is 0 Å². The number of carbonyl (C=O) groups excluding carboxylic acids is 4. The predicted octanol–water partition coefficient (Wildman–Crippen LogP) is -0.244. The molecule has 0 saturated carbocycles. The fourth-order valence-electron chi connectivity index (χ4n) is 3.81. The van der Waals surface area contributed by atoms with Crippen molar-refractivity contribution >= 4 is 34.8 Å². The number of rotatable bonds is 16. The molecule has 1 unspecified atom stereocenters. The number of hydrogen-bond donors (Lipinski definition) is 6. The van der Waals surface area contributed by atoms with Gasteiger partial charge in [0.15, 0.2) is 0 Å². The first-order valence-corrected chi connectivity index (χ1v) is 14.8. The molecule has 2 aromatic rings. The van der Waals surface area contributed by atoms with Crippen molar-refractivity contribution in [1.29, 1.82) is 0 Å². The van der Waals surface area contributed by atoms with Crippen LogP contribution in [0.25, 0.3) is 0 Å². The molecule has 40 heavy (non-hydrogen) atoms. The van der Waals surface area contributed by atoms with E-state index in [1.54, 1.807) is 25.4 Å². The number of benzene rings is 2. The zero-order valence-corrected chi connectivity index (χ0v) is 23.9. The van der Waals surface area contributed by atoms with E-state index >= 15 is 0 Å². The van der Waals surface area contributed by atoms with E-state index < -0.39 is 47.0 Å². The topological polar surface area (TPSA) is 172 Å². The van der Waals surface area contributed by atoms with Gasteiger partial charge in [-0.05, 0) is 43.7 Å². The minimum Gasteiger partial charge on any atom is -0.617 e. The largest absolute Gasteiger partial charge is 0.617 e. The van der Waals surface area contributed by atoms with Gasteiger partial charge in [0.2, 0.25) is 23.6 Å². The van der Waals surface area contributed by atoms with E-state index in [9.17, 15) is 28.8 Å². The zero-order chi connectivity index (χ0) is 29.5. The van der Waals surface area contributed by atoms with Gasteiger partial charge >= 0.3 is 0 Å². The molecule has 6 N–H and O–H groups in total. The molecule has 0 aliphatic carbocycles. The quantitative estimate of drug-likeness (QED) is 0.119. The molecular formula is C28H39N5O6S. The molecule has 4 amide bonds. The van der Waals surface area contributed by atoms with Gasteiger partial charge in [0.25, 0.3) is 0 Å². The van der Waals surface area contributed by atoms with Gasteiger partial charge in [-0.15, -0.1) is 0 Å². The summed E-state index contributed by atoms with van der Waals surface area (Å²) in [4.78, 5) is 50.7. The number of aromatic hydroxyl groups is 1. The summed E-state index contributed by atoms with van der Waals surface area (Å²) in [6, 6.07) is 13.3. The molecule has 0 aromatic heterocycles. The fraction of sp³-hybridized carbons (Fsp3) is 0.429. The molecule has 0 aliphatic heterocycles. The van der Waals surface area contributed by atoms with Crippen molar-refractivity contribution in [2.24, 2.45) is 0 Å². The first kappa shape index (κ1) is 32.6. The molecule has 0 spiro atoms. The van der Waals surface area contributed by atoms with Gasteiger partial charge in [0.1, 0.15) is 23.6 Å². The van der Waals surface area contributed by atoms with E-state index in [1.807, 2.05) is 30.3 Å². The van der Waals surface area contributed by atoms with E-state index in [4.69, 9.17) is 0 Å². The lowest BCUT2D eigenvalue weighted by Gasteiger charge is -2.21. The van der Waals surface area contributed by atoms with Crippen LogP contribution in [0.5, 0.6) is 5.75 Å². The van der Waals surface area contributed by atoms with Crippen molar-refractivity contribution in [3.05, 3.63) is 65.7 Å². The van der Waals surface area contributed by atoms with Crippen LogP contribution in [0.15, 0.2) is 54.6 Å². The molecule has 0 saturated heterocycles. The zero-order valence-electron chi connectivity index (χ0n) is 23.1. The Morgan fingerprint density at radius 1 is 0.850 bits per heavy atom. The maximum atomic E-state index is 12.8. The van der Waals surface area contributed by atoms with Crippen molar-refractivity contribution in [3.8, 4) is 5.75 Å². The normalized spacial score (nSPS) is 13.8. The summed E-state index contributed by atoms with van der Waals surface area (Å²) < 4.78 is 11.2.